The summed E-state index contributed by atoms with van der Waals surface area (Å²) in [4.78, 5) is 78.6. The Morgan fingerprint density at radius 1 is 0.940 bits per heavy atom. The summed E-state index contributed by atoms with van der Waals surface area (Å²) in [5.41, 5.74) is 11.5. The van der Waals surface area contributed by atoms with Crippen molar-refractivity contribution in [2.45, 2.75) is 95.2 Å². The molecule has 0 bridgehead atoms. The normalized spacial score (nSPS) is 19.8. The van der Waals surface area contributed by atoms with Gasteiger partial charge in [-0.2, -0.15) is 12.7 Å². The molecule has 2 unspecified atom stereocenters. The van der Waals surface area contributed by atoms with Gasteiger partial charge in [-0.05, 0) is 75.1 Å². The lowest BCUT2D eigenvalue weighted by Crippen LogP contribution is -2.41. The van der Waals surface area contributed by atoms with Gasteiger partial charge in [0.05, 0.1) is 23.9 Å². The average Bonchev–Trinajstić information content (AvgIpc) is 1.93. The van der Waals surface area contributed by atoms with Crippen LogP contribution in [0.25, 0.3) is 39.9 Å². The minimum Gasteiger partial charge on any atom is -0.456 e. The number of hydrogen-bond donors (Lipinski definition) is 10. The lowest BCUT2D eigenvalue weighted by molar-refractivity contribution is -0.121. The maximum Gasteiger partial charge on any atom is 0.480 e. The Labute approximate surface area is 482 Å². The number of unbranched alkanes of at least 4 members (excludes halogenated alkanes) is 2. The van der Waals surface area contributed by atoms with Crippen LogP contribution < -0.4 is 36.1 Å². The fourth-order valence-corrected chi connectivity index (χ4v) is 14.1. The first kappa shape index (κ1) is 63.5. The number of rotatable bonds is 24. The molecule has 1 aliphatic carbocycles. The summed E-state index contributed by atoms with van der Waals surface area (Å²) >= 11 is 0. The number of anilines is 2. The predicted molar refractivity (Wildman–Crippen MR) is 307 cm³/mol. The van der Waals surface area contributed by atoms with Crippen LogP contribution in [0.15, 0.2) is 107 Å². The second-order valence-corrected chi connectivity index (χ2v) is 26.3. The maximum atomic E-state index is 13.2. The van der Waals surface area contributed by atoms with Crippen LogP contribution in [0.5, 0.6) is 0 Å². The molecule has 6 atom stereocenters. The fourth-order valence-electron chi connectivity index (χ4n) is 10.1. The SMILES string of the molecule is CC[N+](CC)=c1ccc2c(/C=C/C=C3/N(CCCCCC(=O)NCCNC(=O)O[C@@H]4[C@H](O)[C@@H](COP(=O)(O)OP(=O)(O)NP(=O)(O)O)O[C@H]4n4cnc5c(N)ncnc54)c4ccc(S(=O)(=O)O)cc4C3(C)C)c(C)c(-c3ccccc3)oc-2c1. The number of hydrogen-bond acceptors (Lipinski definition) is 18. The quantitative estimate of drug-likeness (QED) is 0.0155. The van der Waals surface area contributed by atoms with E-state index in [1.54, 1.807) is 6.07 Å². The number of amides is 2. The summed E-state index contributed by atoms with van der Waals surface area (Å²) in [7, 11) is -21.2. The molecule has 1 fully saturated rings. The number of aliphatic hydroxyl groups excluding tert-OH is 1. The van der Waals surface area contributed by atoms with Crippen molar-refractivity contribution < 1.29 is 83.7 Å². The summed E-state index contributed by atoms with van der Waals surface area (Å²) in [6.45, 7) is 11.1. The van der Waals surface area contributed by atoms with E-state index in [1.165, 1.54) is 23.0 Å². The number of nitrogen functional groups attached to an aromatic ring is 1. The van der Waals surface area contributed by atoms with Crippen molar-refractivity contribution in [1.82, 2.24) is 39.6 Å². The van der Waals surface area contributed by atoms with E-state index in [-0.39, 0.29) is 47.3 Å². The molecule has 3 aliphatic heterocycles. The van der Waals surface area contributed by atoms with Gasteiger partial charge in [0.15, 0.2) is 23.8 Å². The van der Waals surface area contributed by atoms with Crippen molar-refractivity contribution in [1.29, 1.82) is 0 Å². The third kappa shape index (κ3) is 14.9. The molecule has 4 aliphatic rings. The molecule has 84 heavy (non-hydrogen) atoms. The molecule has 2 aromatic carbocycles. The zero-order valence-electron chi connectivity index (χ0n) is 46.2. The molecule has 4 aromatic rings. The van der Waals surface area contributed by atoms with Crippen molar-refractivity contribution in [2.75, 3.05) is 50.0 Å². The number of nitrogens with zero attached hydrogens (tertiary/aromatic N) is 6. The van der Waals surface area contributed by atoms with Gasteiger partial charge in [0.25, 0.3) is 10.1 Å². The van der Waals surface area contributed by atoms with Gasteiger partial charge < -0.3 is 59.8 Å². The number of allylic oxidation sites excluding steroid dienone is 3. The molecule has 28 nitrogen and oxygen atoms in total. The standard InChI is InChI=1S/C52H65N10O18P3S/c1-6-60(7-2)34-20-22-37-36(32(3)46(77-40(37)27-34)33-15-10-8-11-16-33)17-14-18-42-52(4,5)38-28-35(84(73,74)75)21-23-39(38)61(42)26-13-9-12-19-43(63)54-24-25-55-51(65)79-47-45(64)41(29-76-83(71,72)80-82(69,70)59-81(66,67)68)78-50(47)62-31-58-44-48(53)56-30-57-49(44)62/h8,10-11,14-18,20-23,27-28,30-31,41,45,47,50,64H,6-7,9,12-13,19,24-26,29H2,1-5H3,(H9-,53,54,55,56,57,59,63,65,66,67,68,69,70,71,72,73,74,75)/p+1/t41-,45-,47-,50-/m1/s1. The first-order valence-electron chi connectivity index (χ1n) is 26.4. The summed E-state index contributed by atoms with van der Waals surface area (Å²) < 4.78 is 101. The van der Waals surface area contributed by atoms with E-state index in [0.29, 0.717) is 31.4 Å². The summed E-state index contributed by atoms with van der Waals surface area (Å²) in [6.07, 6.45) is 2.53. The van der Waals surface area contributed by atoms with E-state index in [4.69, 9.17) is 33.9 Å². The van der Waals surface area contributed by atoms with Crippen LogP contribution in [0.4, 0.5) is 16.3 Å². The van der Waals surface area contributed by atoms with E-state index in [2.05, 4.69) is 77.5 Å². The number of carbonyl (C=O) groups is 2. The molecule has 32 heteroatoms. The van der Waals surface area contributed by atoms with Crippen LogP contribution in [0.3, 0.4) is 0 Å². The highest BCUT2D eigenvalue weighted by Gasteiger charge is 2.50. The lowest BCUT2D eigenvalue weighted by Gasteiger charge is -2.27. The van der Waals surface area contributed by atoms with Crippen molar-refractivity contribution >= 4 is 74.2 Å². The Kier molecular flexibility index (Phi) is 19.6. The number of phosphoric ester groups is 1. The average molecular weight is 1240 g/mol. The Hall–Kier alpha value is -6.52. The zero-order chi connectivity index (χ0) is 60.9. The molecule has 452 valence electrons. The van der Waals surface area contributed by atoms with E-state index in [1.807, 2.05) is 63.3 Å². The number of nitrogens with one attached hydrogen (secondary N) is 3. The van der Waals surface area contributed by atoms with E-state index in [0.717, 1.165) is 74.8 Å². The molecule has 5 heterocycles. The second kappa shape index (κ2) is 26.0. The number of ether oxygens (including phenoxy) is 2. The monoisotopic (exact) mass is 1240 g/mol. The summed E-state index contributed by atoms with van der Waals surface area (Å²) in [5.74, 6) is 1.12. The van der Waals surface area contributed by atoms with E-state index < -0.39 is 76.1 Å². The fraction of sp³-hybridized carbons (Fsp3) is 0.385. The minimum absolute atomic E-state index is 0.0386. The molecular weight excluding hydrogens is 1180 g/mol. The maximum absolute atomic E-state index is 13.2. The van der Waals surface area contributed by atoms with Crippen molar-refractivity contribution in [3.8, 4) is 22.6 Å². The number of aliphatic hydroxyl groups is 1. The number of phosphoric acid groups is 1. The predicted octanol–water partition coefficient (Wildman–Crippen LogP) is 5.48. The smallest absolute Gasteiger partial charge is 0.456 e. The van der Waals surface area contributed by atoms with Crippen molar-refractivity contribution in [3.63, 3.8) is 0 Å². The number of benzene rings is 3. The highest BCUT2D eigenvalue weighted by molar-refractivity contribution is 7.85. The number of aromatic nitrogens is 4. The molecule has 2 amide bonds. The minimum atomic E-state index is -5.63. The number of fused-ring (bicyclic) bond motifs is 3. The first-order valence-corrected chi connectivity index (χ1v) is 32.6. The van der Waals surface area contributed by atoms with Crippen molar-refractivity contribution in [3.05, 3.63) is 119 Å². The molecule has 11 N–H and O–H groups in total. The molecule has 0 spiro atoms. The molecule has 8 rings (SSSR count). The van der Waals surface area contributed by atoms with Gasteiger partial charge in [0, 0.05) is 65.6 Å². The van der Waals surface area contributed by atoms with Gasteiger partial charge in [0.2, 0.25) is 11.3 Å². The highest BCUT2D eigenvalue weighted by atomic mass is 32.2. The van der Waals surface area contributed by atoms with E-state index in [9.17, 15) is 51.1 Å². The van der Waals surface area contributed by atoms with Crippen LogP contribution in [-0.2, 0) is 52.3 Å². The number of alkyl carbamates (subject to hydrolysis) is 1. The van der Waals surface area contributed by atoms with E-state index >= 15 is 0 Å². The Bertz CT molecular complexity index is 3790. The third-order valence-corrected chi connectivity index (χ3v) is 19.2. The number of carbonyl (C=O) groups excluding carboxylic acids is 2. The molecule has 1 saturated heterocycles. The van der Waals surface area contributed by atoms with Crippen molar-refractivity contribution in [2.24, 2.45) is 0 Å². The number of imidazole rings is 1. The second-order valence-electron chi connectivity index (χ2n) is 20.1. The molecule has 0 radical (unpaired) electrons. The summed E-state index contributed by atoms with van der Waals surface area (Å²) in [6, 6.07) is 20.7. The van der Waals surface area contributed by atoms with Gasteiger partial charge in [-0.15, -0.1) is 4.86 Å². The third-order valence-electron chi connectivity index (χ3n) is 14.1. The molecule has 0 saturated carbocycles. The van der Waals surface area contributed by atoms with Gasteiger partial charge >= 0.3 is 29.4 Å². The van der Waals surface area contributed by atoms with Crippen LogP contribution in [0.1, 0.15) is 76.3 Å². The van der Waals surface area contributed by atoms with Crippen LogP contribution in [0.2, 0.25) is 0 Å². The van der Waals surface area contributed by atoms with Gasteiger partial charge in [-0.3, -0.25) is 18.4 Å². The molecular formula is C52H66N10O18P3S+. The van der Waals surface area contributed by atoms with Crippen LogP contribution >= 0.6 is 23.3 Å². The first-order chi connectivity index (χ1) is 39.6. The largest absolute Gasteiger partial charge is 0.480 e. The molecule has 2 aromatic heterocycles. The highest BCUT2D eigenvalue weighted by Crippen LogP contribution is 2.61. The van der Waals surface area contributed by atoms with Gasteiger partial charge in [0.1, 0.15) is 48.7 Å². The number of nitrogens with two attached hydrogens (primary N) is 1. The zero-order valence-corrected chi connectivity index (χ0v) is 49.7. The Balaban J connectivity index is 0.889. The van der Waals surface area contributed by atoms with Gasteiger partial charge in [-0.1, -0.05) is 62.8 Å². The summed E-state index contributed by atoms with van der Waals surface area (Å²) in [5, 5.41) is 17.5. The topological polar surface area (TPSA) is 403 Å². The Morgan fingerprint density at radius 3 is 2.37 bits per heavy atom. The van der Waals surface area contributed by atoms with Crippen LogP contribution in [-0.4, -0.2) is 127 Å². The lowest BCUT2D eigenvalue weighted by atomic mass is 9.83. The van der Waals surface area contributed by atoms with Gasteiger partial charge in [-0.25, -0.2) is 38.0 Å². The van der Waals surface area contributed by atoms with Crippen LogP contribution in [0, 0.1) is 6.92 Å². The Morgan fingerprint density at radius 2 is 1.67 bits per heavy atom.